The Morgan fingerprint density at radius 1 is 1.02 bits per heavy atom. The molecule has 12 heteroatoms. The number of aliphatic hydroxyl groups is 1. The zero-order chi connectivity index (χ0) is 30.5. The van der Waals surface area contributed by atoms with E-state index in [1.807, 2.05) is 0 Å². The molecular weight excluding hydrogens is 605 g/mol. The monoisotopic (exact) mass is 637 g/mol. The SMILES string of the molecule is O=C(O[C@@H](Cc1c(Cl)c[nH+]cc1Cl)c1ccc(OC(F)F)c(OCC2CC2)c1)c1cc(CN2CCC(O)CC2)ccc1O. The molecule has 1 aromatic heterocycles. The average molecular weight is 639 g/mol. The van der Waals surface area contributed by atoms with Crippen LogP contribution < -0.4 is 14.5 Å². The summed E-state index contributed by atoms with van der Waals surface area (Å²) in [5.41, 5.74) is 1.70. The van der Waals surface area contributed by atoms with E-state index in [-0.39, 0.29) is 35.3 Å². The Hall–Kier alpha value is -3.18. The van der Waals surface area contributed by atoms with Crippen LogP contribution in [0.15, 0.2) is 48.8 Å². The van der Waals surface area contributed by atoms with E-state index in [1.165, 1.54) is 24.3 Å². The summed E-state index contributed by atoms with van der Waals surface area (Å²) in [4.78, 5) is 18.6. The number of halogens is 4. The summed E-state index contributed by atoms with van der Waals surface area (Å²) in [5.74, 6) is -0.728. The Morgan fingerprint density at radius 2 is 1.74 bits per heavy atom. The third kappa shape index (κ3) is 8.47. The second-order valence-corrected chi connectivity index (χ2v) is 11.7. The Kier molecular flexibility index (Phi) is 10.2. The Labute approximate surface area is 258 Å². The predicted molar refractivity (Wildman–Crippen MR) is 155 cm³/mol. The van der Waals surface area contributed by atoms with Crippen LogP contribution in [0.2, 0.25) is 10.0 Å². The molecule has 0 radical (unpaired) electrons. The van der Waals surface area contributed by atoms with Gasteiger partial charge in [0.1, 0.15) is 27.5 Å². The highest BCUT2D eigenvalue weighted by molar-refractivity contribution is 6.35. The number of aromatic hydroxyl groups is 1. The van der Waals surface area contributed by atoms with Crippen LogP contribution in [0.1, 0.15) is 58.8 Å². The van der Waals surface area contributed by atoms with Crippen molar-refractivity contribution in [3.05, 3.63) is 81.1 Å². The molecule has 1 saturated heterocycles. The summed E-state index contributed by atoms with van der Waals surface area (Å²) in [7, 11) is 0. The summed E-state index contributed by atoms with van der Waals surface area (Å²) in [6.45, 7) is -0.732. The molecule has 5 rings (SSSR count). The molecule has 2 aliphatic rings. The van der Waals surface area contributed by atoms with Crippen LogP contribution in [0.3, 0.4) is 0 Å². The van der Waals surface area contributed by atoms with Crippen molar-refractivity contribution in [1.82, 2.24) is 4.90 Å². The van der Waals surface area contributed by atoms with E-state index in [9.17, 15) is 23.8 Å². The number of H-pyrrole nitrogens is 1. The molecule has 2 heterocycles. The number of piperidine rings is 1. The third-order valence-electron chi connectivity index (χ3n) is 7.61. The minimum absolute atomic E-state index is 0.0269. The van der Waals surface area contributed by atoms with Crippen LogP contribution in [0.25, 0.3) is 0 Å². The van der Waals surface area contributed by atoms with Crippen molar-refractivity contribution in [3.8, 4) is 17.2 Å². The number of hydrogen-bond acceptors (Lipinski definition) is 7. The summed E-state index contributed by atoms with van der Waals surface area (Å²) in [6.07, 6.45) is 5.17. The smallest absolute Gasteiger partial charge is 0.387 e. The van der Waals surface area contributed by atoms with Crippen molar-refractivity contribution >= 4 is 29.2 Å². The van der Waals surface area contributed by atoms with Gasteiger partial charge in [0.05, 0.1) is 12.7 Å². The van der Waals surface area contributed by atoms with Gasteiger partial charge in [0.2, 0.25) is 0 Å². The van der Waals surface area contributed by atoms with Crippen molar-refractivity contribution in [3.63, 3.8) is 0 Å². The standard InChI is InChI=1S/C31H32Cl2F2N2O6/c32-24-14-36-15-25(33)22(24)13-28(20-4-6-27(43-31(34)35)29(12-20)41-17-18-1-2-18)42-30(40)23-11-19(3-5-26(23)39)16-37-9-7-21(38)8-10-37/h3-6,11-12,14-15,18,21,28,31,38-39H,1-2,7-10,13,16-17H2/p+1/t28-/m0/s1. The number of nitrogens with zero attached hydrogens (tertiary/aromatic N) is 1. The molecule has 2 fully saturated rings. The molecule has 8 nitrogen and oxygen atoms in total. The molecule has 230 valence electrons. The number of benzene rings is 2. The first-order valence-electron chi connectivity index (χ1n) is 14.1. The number of nitrogens with one attached hydrogen (secondary N) is 1. The van der Waals surface area contributed by atoms with Gasteiger partial charge in [-0.05, 0) is 67.0 Å². The molecule has 0 spiro atoms. The minimum Gasteiger partial charge on any atom is -0.507 e. The molecule has 1 saturated carbocycles. The average Bonchev–Trinajstić information content (AvgIpc) is 3.80. The van der Waals surface area contributed by atoms with Crippen LogP contribution in [0, 0.1) is 5.92 Å². The number of alkyl halides is 2. The second kappa shape index (κ2) is 14.1. The van der Waals surface area contributed by atoms with Crippen molar-refractivity contribution in [2.45, 2.75) is 57.5 Å². The highest BCUT2D eigenvalue weighted by Gasteiger charge is 2.27. The number of phenols is 1. The van der Waals surface area contributed by atoms with Gasteiger partial charge in [-0.1, -0.05) is 35.3 Å². The number of carbonyl (C=O) groups excluding carboxylic acids is 1. The van der Waals surface area contributed by atoms with Gasteiger partial charge in [-0.3, -0.25) is 4.90 Å². The molecule has 1 aliphatic carbocycles. The number of carbonyl (C=O) groups is 1. The van der Waals surface area contributed by atoms with Crippen LogP contribution >= 0.6 is 23.2 Å². The van der Waals surface area contributed by atoms with Gasteiger partial charge in [-0.15, -0.1) is 0 Å². The van der Waals surface area contributed by atoms with Crippen LogP contribution in [-0.4, -0.2) is 53.5 Å². The third-order valence-corrected chi connectivity index (χ3v) is 8.28. The number of aromatic amines is 1. The van der Waals surface area contributed by atoms with Gasteiger partial charge >= 0.3 is 12.6 Å². The van der Waals surface area contributed by atoms with E-state index >= 15 is 0 Å². The predicted octanol–water partition coefficient (Wildman–Crippen LogP) is 6.00. The molecule has 1 aliphatic heterocycles. The highest BCUT2D eigenvalue weighted by atomic mass is 35.5. The Balaban J connectivity index is 1.43. The van der Waals surface area contributed by atoms with E-state index in [4.69, 9.17) is 32.7 Å². The fourth-order valence-electron chi connectivity index (χ4n) is 4.98. The molecule has 0 unspecified atom stereocenters. The lowest BCUT2D eigenvalue weighted by molar-refractivity contribution is -0.377. The number of ether oxygens (including phenoxy) is 3. The van der Waals surface area contributed by atoms with Gasteiger partial charge in [-0.2, -0.15) is 8.78 Å². The van der Waals surface area contributed by atoms with Crippen molar-refractivity contribution in [2.24, 2.45) is 5.92 Å². The quantitative estimate of drug-likeness (QED) is 0.235. The summed E-state index contributed by atoms with van der Waals surface area (Å²) >= 11 is 12.8. The molecule has 3 N–H and O–H groups in total. The highest BCUT2D eigenvalue weighted by Crippen LogP contribution is 2.38. The summed E-state index contributed by atoms with van der Waals surface area (Å²) in [5, 5.41) is 21.0. The number of aromatic nitrogens is 1. The first kappa shape index (κ1) is 31.3. The number of likely N-dealkylation sites (tertiary alicyclic amines) is 1. The van der Waals surface area contributed by atoms with E-state index in [2.05, 4.69) is 14.6 Å². The first-order chi connectivity index (χ1) is 20.7. The first-order valence-corrected chi connectivity index (χ1v) is 14.9. The van der Waals surface area contributed by atoms with Crippen LogP contribution in [0.4, 0.5) is 8.78 Å². The van der Waals surface area contributed by atoms with Crippen molar-refractivity contribution < 1.29 is 43.0 Å². The normalized spacial score (nSPS) is 16.7. The molecule has 2 aromatic carbocycles. The fourth-order valence-corrected chi connectivity index (χ4v) is 5.51. The second-order valence-electron chi connectivity index (χ2n) is 10.9. The van der Waals surface area contributed by atoms with Crippen LogP contribution in [-0.2, 0) is 17.7 Å². The van der Waals surface area contributed by atoms with Crippen LogP contribution in [0.5, 0.6) is 17.2 Å². The zero-order valence-corrected chi connectivity index (χ0v) is 24.8. The number of pyridine rings is 1. The summed E-state index contributed by atoms with van der Waals surface area (Å²) in [6, 6.07) is 9.13. The number of phenolic OH excluding ortho intramolecular Hbond substituents is 1. The fraction of sp³-hybridized carbons (Fsp3) is 0.419. The summed E-state index contributed by atoms with van der Waals surface area (Å²) < 4.78 is 42.7. The van der Waals surface area contributed by atoms with Crippen molar-refractivity contribution in [1.29, 1.82) is 0 Å². The number of aliphatic hydroxyl groups excluding tert-OH is 1. The van der Waals surface area contributed by atoms with E-state index in [0.29, 0.717) is 53.1 Å². The van der Waals surface area contributed by atoms with E-state index in [1.54, 1.807) is 24.5 Å². The van der Waals surface area contributed by atoms with Gasteiger partial charge in [0.25, 0.3) is 0 Å². The minimum atomic E-state index is -3.05. The van der Waals surface area contributed by atoms with Gasteiger partial charge in [-0.25, -0.2) is 9.78 Å². The Bertz CT molecular complexity index is 1410. The molecule has 1 atom stereocenters. The van der Waals surface area contributed by atoms with Crippen molar-refractivity contribution in [2.75, 3.05) is 19.7 Å². The maximum Gasteiger partial charge on any atom is 0.387 e. The molecule has 43 heavy (non-hydrogen) atoms. The number of hydrogen-bond donors (Lipinski definition) is 2. The number of esters is 1. The van der Waals surface area contributed by atoms with E-state index < -0.39 is 18.7 Å². The topological polar surface area (TPSA) is 103 Å². The number of rotatable bonds is 12. The zero-order valence-electron chi connectivity index (χ0n) is 23.3. The lowest BCUT2D eigenvalue weighted by Gasteiger charge is -2.29. The van der Waals surface area contributed by atoms with E-state index in [0.717, 1.165) is 31.5 Å². The molecule has 0 amide bonds. The molecule has 0 bridgehead atoms. The Morgan fingerprint density at radius 3 is 2.42 bits per heavy atom. The lowest BCUT2D eigenvalue weighted by Crippen LogP contribution is -2.35. The molecular formula is C31H33Cl2F2N2O6+. The van der Waals surface area contributed by atoms with Gasteiger partial charge < -0.3 is 24.4 Å². The van der Waals surface area contributed by atoms with Gasteiger partial charge in [0, 0.05) is 31.6 Å². The maximum atomic E-state index is 13.6. The largest absolute Gasteiger partial charge is 0.507 e. The van der Waals surface area contributed by atoms with Gasteiger partial charge in [0.15, 0.2) is 23.9 Å². The molecule has 3 aromatic rings. The lowest BCUT2D eigenvalue weighted by atomic mass is 10.0. The maximum absolute atomic E-state index is 13.6.